The average Bonchev–Trinajstić information content (AvgIpc) is 2.09. The molecular weight excluding hydrogens is 196 g/mol. The van der Waals surface area contributed by atoms with Crippen LogP contribution in [0.15, 0.2) is 11.0 Å². The zero-order valence-corrected chi connectivity index (χ0v) is 7.59. The van der Waals surface area contributed by atoms with Gasteiger partial charge in [-0.05, 0) is 0 Å². The van der Waals surface area contributed by atoms with E-state index in [4.69, 9.17) is 11.6 Å². The van der Waals surface area contributed by atoms with Gasteiger partial charge in [-0.3, -0.25) is 9.78 Å². The smallest absolute Gasteiger partial charge is 0.346 e. The predicted octanol–water partition coefficient (Wildman–Crippen LogP) is 0.139. The molecule has 5 nitrogen and oxygen atoms in total. The van der Waals surface area contributed by atoms with Gasteiger partial charge in [0.1, 0.15) is 5.15 Å². The quantitative estimate of drug-likeness (QED) is 0.547. The summed E-state index contributed by atoms with van der Waals surface area (Å²) in [4.78, 5) is 27.1. The van der Waals surface area contributed by atoms with E-state index in [1.165, 1.54) is 13.3 Å². The van der Waals surface area contributed by atoms with Crippen LogP contribution in [-0.2, 0) is 16.0 Å². The van der Waals surface area contributed by atoms with E-state index in [2.05, 4.69) is 14.7 Å². The standard InChI is InChI=1S/C7H7ClN2O3/c1-13-5(11)2-4-3-9-7(12)10-6(4)8/h3H,2H2,1H3,(H,9,10,12). The lowest BCUT2D eigenvalue weighted by Gasteiger charge is -2.00. The van der Waals surface area contributed by atoms with Gasteiger partial charge >= 0.3 is 11.7 Å². The first kappa shape index (κ1) is 9.73. The number of hydrogen-bond acceptors (Lipinski definition) is 4. The van der Waals surface area contributed by atoms with E-state index in [9.17, 15) is 9.59 Å². The SMILES string of the molecule is COC(=O)Cc1cnc(=O)[nH]c1Cl. The van der Waals surface area contributed by atoms with Gasteiger partial charge in [0, 0.05) is 11.8 Å². The van der Waals surface area contributed by atoms with Crippen LogP contribution in [-0.4, -0.2) is 23.0 Å². The lowest BCUT2D eigenvalue weighted by Crippen LogP contribution is -2.13. The molecule has 0 radical (unpaired) electrons. The first-order valence-electron chi connectivity index (χ1n) is 3.44. The van der Waals surface area contributed by atoms with E-state index in [0.717, 1.165) is 0 Å². The number of rotatable bonds is 2. The minimum atomic E-state index is -0.543. The second-order valence-electron chi connectivity index (χ2n) is 2.28. The van der Waals surface area contributed by atoms with E-state index in [1.807, 2.05) is 0 Å². The number of hydrogen-bond donors (Lipinski definition) is 1. The summed E-state index contributed by atoms with van der Waals surface area (Å²) in [6.07, 6.45) is 1.25. The Morgan fingerprint density at radius 1 is 1.77 bits per heavy atom. The van der Waals surface area contributed by atoms with Crippen molar-refractivity contribution in [2.45, 2.75) is 6.42 Å². The van der Waals surface area contributed by atoms with Gasteiger partial charge in [0.15, 0.2) is 0 Å². The van der Waals surface area contributed by atoms with Gasteiger partial charge in [-0.2, -0.15) is 0 Å². The fourth-order valence-corrected chi connectivity index (χ4v) is 0.947. The summed E-state index contributed by atoms with van der Waals surface area (Å²) < 4.78 is 4.42. The van der Waals surface area contributed by atoms with Gasteiger partial charge in [0.2, 0.25) is 0 Å². The molecule has 1 aromatic rings. The number of aromatic amines is 1. The lowest BCUT2D eigenvalue weighted by atomic mass is 10.2. The number of ether oxygens (including phenoxy) is 1. The van der Waals surface area contributed by atoms with Gasteiger partial charge in [0.25, 0.3) is 0 Å². The highest BCUT2D eigenvalue weighted by molar-refractivity contribution is 6.30. The summed E-state index contributed by atoms with van der Waals surface area (Å²) in [5.74, 6) is -0.434. The summed E-state index contributed by atoms with van der Waals surface area (Å²) in [6, 6.07) is 0. The Hall–Kier alpha value is -1.36. The zero-order valence-electron chi connectivity index (χ0n) is 6.83. The Bertz CT molecular complexity index is 374. The molecule has 0 unspecified atom stereocenters. The Labute approximate surface area is 78.7 Å². The highest BCUT2D eigenvalue weighted by Crippen LogP contribution is 2.09. The zero-order chi connectivity index (χ0) is 9.84. The molecule has 0 saturated carbocycles. The molecule has 0 aliphatic heterocycles. The molecule has 0 fully saturated rings. The van der Waals surface area contributed by atoms with Crippen molar-refractivity contribution in [3.8, 4) is 0 Å². The Balaban J connectivity index is 2.90. The third kappa shape index (κ3) is 2.55. The molecule has 1 heterocycles. The van der Waals surface area contributed by atoms with Gasteiger partial charge in [-0.15, -0.1) is 0 Å². The van der Waals surface area contributed by atoms with Crippen molar-refractivity contribution in [2.75, 3.05) is 7.11 Å². The van der Waals surface area contributed by atoms with Crippen molar-refractivity contribution in [3.63, 3.8) is 0 Å². The lowest BCUT2D eigenvalue weighted by molar-refractivity contribution is -0.139. The molecule has 0 aliphatic carbocycles. The Kier molecular flexibility index (Phi) is 3.02. The number of esters is 1. The summed E-state index contributed by atoms with van der Waals surface area (Å²) in [5, 5.41) is 0.116. The molecule has 70 valence electrons. The third-order valence-electron chi connectivity index (χ3n) is 1.40. The van der Waals surface area contributed by atoms with Crippen molar-refractivity contribution < 1.29 is 9.53 Å². The first-order chi connectivity index (χ1) is 6.13. The van der Waals surface area contributed by atoms with Crippen LogP contribution < -0.4 is 5.69 Å². The van der Waals surface area contributed by atoms with Gasteiger partial charge in [-0.25, -0.2) is 9.78 Å². The normalized spacial score (nSPS) is 9.69. The molecule has 0 saturated heterocycles. The van der Waals surface area contributed by atoms with Crippen molar-refractivity contribution in [1.29, 1.82) is 0 Å². The molecule has 1 aromatic heterocycles. The van der Waals surface area contributed by atoms with Crippen LogP contribution in [0.3, 0.4) is 0 Å². The number of aromatic nitrogens is 2. The van der Waals surface area contributed by atoms with Crippen molar-refractivity contribution in [1.82, 2.24) is 9.97 Å². The summed E-state index contributed by atoms with van der Waals surface area (Å²) in [6.45, 7) is 0. The fraction of sp³-hybridized carbons (Fsp3) is 0.286. The first-order valence-corrected chi connectivity index (χ1v) is 3.82. The maximum absolute atomic E-state index is 10.8. The number of nitrogens with zero attached hydrogens (tertiary/aromatic N) is 1. The fourth-order valence-electron chi connectivity index (χ4n) is 0.751. The summed E-state index contributed by atoms with van der Waals surface area (Å²) >= 11 is 5.63. The molecule has 0 spiro atoms. The van der Waals surface area contributed by atoms with Crippen LogP contribution in [0.2, 0.25) is 5.15 Å². The van der Waals surface area contributed by atoms with Crippen molar-refractivity contribution >= 4 is 17.6 Å². The number of nitrogens with one attached hydrogen (secondary N) is 1. The number of methoxy groups -OCH3 is 1. The molecule has 0 atom stereocenters. The minimum Gasteiger partial charge on any atom is -0.469 e. The summed E-state index contributed by atoms with van der Waals surface area (Å²) in [5.41, 5.74) is -0.105. The van der Waals surface area contributed by atoms with Crippen LogP contribution in [0.25, 0.3) is 0 Å². The maximum atomic E-state index is 10.8. The Morgan fingerprint density at radius 2 is 2.46 bits per heavy atom. The molecule has 13 heavy (non-hydrogen) atoms. The molecule has 1 rings (SSSR count). The van der Waals surface area contributed by atoms with Gasteiger partial charge < -0.3 is 4.74 Å². The van der Waals surface area contributed by atoms with E-state index in [1.54, 1.807) is 0 Å². The third-order valence-corrected chi connectivity index (χ3v) is 1.74. The average molecular weight is 203 g/mol. The molecule has 0 aromatic carbocycles. The second-order valence-corrected chi connectivity index (χ2v) is 2.66. The summed E-state index contributed by atoms with van der Waals surface area (Å²) in [7, 11) is 1.27. The van der Waals surface area contributed by atoms with Crippen molar-refractivity contribution in [2.24, 2.45) is 0 Å². The second kappa shape index (κ2) is 4.04. The molecule has 0 bridgehead atoms. The van der Waals surface area contributed by atoms with E-state index < -0.39 is 11.7 Å². The van der Waals surface area contributed by atoms with E-state index in [-0.39, 0.29) is 11.6 Å². The highest BCUT2D eigenvalue weighted by Gasteiger charge is 2.07. The molecule has 1 N–H and O–H groups in total. The largest absolute Gasteiger partial charge is 0.469 e. The monoisotopic (exact) mass is 202 g/mol. The number of halogens is 1. The minimum absolute atomic E-state index is 0.000880. The topological polar surface area (TPSA) is 72.0 Å². The van der Waals surface area contributed by atoms with Gasteiger partial charge in [-0.1, -0.05) is 11.6 Å². The van der Waals surface area contributed by atoms with Crippen LogP contribution in [0, 0.1) is 0 Å². The van der Waals surface area contributed by atoms with Crippen LogP contribution in [0.5, 0.6) is 0 Å². The van der Waals surface area contributed by atoms with E-state index >= 15 is 0 Å². The molecule has 6 heteroatoms. The number of carbonyl (C=O) groups excluding carboxylic acids is 1. The Morgan fingerprint density at radius 3 is 3.00 bits per heavy atom. The molecule has 0 aliphatic rings. The number of H-pyrrole nitrogens is 1. The maximum Gasteiger partial charge on any atom is 0.346 e. The molecular formula is C7H7ClN2O3. The number of carbonyl (C=O) groups is 1. The van der Waals surface area contributed by atoms with Crippen LogP contribution in [0.4, 0.5) is 0 Å². The van der Waals surface area contributed by atoms with Crippen LogP contribution >= 0.6 is 11.6 Å². The van der Waals surface area contributed by atoms with Crippen molar-refractivity contribution in [3.05, 3.63) is 27.4 Å². The van der Waals surface area contributed by atoms with Gasteiger partial charge in [0.05, 0.1) is 13.5 Å². The molecule has 0 amide bonds. The van der Waals surface area contributed by atoms with E-state index in [0.29, 0.717) is 5.56 Å². The van der Waals surface area contributed by atoms with Crippen LogP contribution in [0.1, 0.15) is 5.56 Å². The highest BCUT2D eigenvalue weighted by atomic mass is 35.5. The predicted molar refractivity (Wildman–Crippen MR) is 45.6 cm³/mol.